The molecule has 0 amide bonds. The number of ether oxygens (including phenoxy) is 1. The summed E-state index contributed by atoms with van der Waals surface area (Å²) < 4.78 is 4.95. The van der Waals surface area contributed by atoms with Crippen LogP contribution in [0.3, 0.4) is 0 Å². The molecule has 0 heterocycles. The normalized spacial score (nSPS) is 10.0. The highest BCUT2D eigenvalue weighted by Crippen LogP contribution is 2.11. The molecular weight excluding hydrogens is 308 g/mol. The lowest BCUT2D eigenvalue weighted by Crippen LogP contribution is -2.27. The van der Waals surface area contributed by atoms with E-state index in [-0.39, 0.29) is 5.97 Å². The van der Waals surface area contributed by atoms with Crippen molar-refractivity contribution in [2.24, 2.45) is 0 Å². The van der Waals surface area contributed by atoms with Crippen LogP contribution < -0.4 is 10.6 Å². The number of esters is 1. The highest BCUT2D eigenvalue weighted by atomic mass is 32.1. The Hall–Kier alpha value is -2.40. The van der Waals surface area contributed by atoms with E-state index < -0.39 is 0 Å². The van der Waals surface area contributed by atoms with Crippen molar-refractivity contribution in [2.45, 2.75) is 20.4 Å². The van der Waals surface area contributed by atoms with Crippen LogP contribution in [0, 0.1) is 6.92 Å². The maximum absolute atomic E-state index is 11.6. The summed E-state index contributed by atoms with van der Waals surface area (Å²) in [6.07, 6.45) is 0. The fraction of sp³-hybridized carbons (Fsp3) is 0.222. The first-order chi connectivity index (χ1) is 11.1. The van der Waals surface area contributed by atoms with Crippen LogP contribution in [-0.4, -0.2) is 17.7 Å². The van der Waals surface area contributed by atoms with E-state index in [0.29, 0.717) is 23.8 Å². The van der Waals surface area contributed by atoms with Gasteiger partial charge in [0, 0.05) is 12.2 Å². The van der Waals surface area contributed by atoms with Gasteiger partial charge in [-0.05, 0) is 55.9 Å². The zero-order valence-electron chi connectivity index (χ0n) is 13.3. The van der Waals surface area contributed by atoms with Crippen molar-refractivity contribution in [2.75, 3.05) is 11.9 Å². The third kappa shape index (κ3) is 5.38. The molecule has 0 aliphatic heterocycles. The molecule has 0 radical (unpaired) electrons. The SMILES string of the molecule is CCOC(=O)c1ccc(NC(=S)NCc2ccc(C)cc2)cc1. The fourth-order valence-electron chi connectivity index (χ4n) is 1.97. The number of rotatable bonds is 5. The number of carbonyl (C=O) groups excluding carboxylic acids is 1. The molecule has 0 atom stereocenters. The van der Waals surface area contributed by atoms with E-state index in [0.717, 1.165) is 11.3 Å². The van der Waals surface area contributed by atoms with Gasteiger partial charge >= 0.3 is 5.97 Å². The second-order valence-electron chi connectivity index (χ2n) is 5.09. The van der Waals surface area contributed by atoms with E-state index in [4.69, 9.17) is 17.0 Å². The van der Waals surface area contributed by atoms with Crippen LogP contribution in [-0.2, 0) is 11.3 Å². The summed E-state index contributed by atoms with van der Waals surface area (Å²) in [5, 5.41) is 6.78. The van der Waals surface area contributed by atoms with Crippen molar-refractivity contribution in [3.05, 3.63) is 65.2 Å². The summed E-state index contributed by atoms with van der Waals surface area (Å²) in [6.45, 7) is 4.87. The van der Waals surface area contributed by atoms with E-state index in [1.165, 1.54) is 5.56 Å². The lowest BCUT2D eigenvalue weighted by molar-refractivity contribution is 0.0526. The minimum Gasteiger partial charge on any atom is -0.462 e. The van der Waals surface area contributed by atoms with Crippen LogP contribution in [0.2, 0.25) is 0 Å². The Morgan fingerprint density at radius 2 is 1.74 bits per heavy atom. The molecule has 0 saturated heterocycles. The van der Waals surface area contributed by atoms with Gasteiger partial charge in [0.25, 0.3) is 0 Å². The largest absolute Gasteiger partial charge is 0.462 e. The van der Waals surface area contributed by atoms with Gasteiger partial charge in [0.05, 0.1) is 12.2 Å². The summed E-state index contributed by atoms with van der Waals surface area (Å²) in [7, 11) is 0. The minimum absolute atomic E-state index is 0.320. The van der Waals surface area contributed by atoms with Gasteiger partial charge in [-0.3, -0.25) is 0 Å². The van der Waals surface area contributed by atoms with E-state index in [9.17, 15) is 4.79 Å². The third-order valence-electron chi connectivity index (χ3n) is 3.23. The molecule has 120 valence electrons. The number of carbonyl (C=O) groups is 1. The van der Waals surface area contributed by atoms with Crippen LogP contribution in [0.25, 0.3) is 0 Å². The Kier molecular flexibility index (Phi) is 6.11. The van der Waals surface area contributed by atoms with Crippen molar-refractivity contribution < 1.29 is 9.53 Å². The first-order valence-corrected chi connectivity index (χ1v) is 7.87. The van der Waals surface area contributed by atoms with E-state index >= 15 is 0 Å². The molecule has 5 heteroatoms. The van der Waals surface area contributed by atoms with Gasteiger partial charge in [-0.15, -0.1) is 0 Å². The van der Waals surface area contributed by atoms with Gasteiger partial charge in [-0.2, -0.15) is 0 Å². The maximum atomic E-state index is 11.6. The predicted octanol–water partition coefficient (Wildman–Crippen LogP) is 3.66. The van der Waals surface area contributed by atoms with E-state index in [1.807, 2.05) is 0 Å². The molecule has 4 nitrogen and oxygen atoms in total. The van der Waals surface area contributed by atoms with Gasteiger partial charge in [-0.1, -0.05) is 29.8 Å². The summed E-state index contributed by atoms with van der Waals surface area (Å²) in [5.74, 6) is -0.320. The predicted molar refractivity (Wildman–Crippen MR) is 96.6 cm³/mol. The van der Waals surface area contributed by atoms with Crippen LogP contribution in [0.15, 0.2) is 48.5 Å². The van der Waals surface area contributed by atoms with Crippen molar-refractivity contribution in [3.8, 4) is 0 Å². The first-order valence-electron chi connectivity index (χ1n) is 7.46. The number of thiocarbonyl (C=S) groups is 1. The van der Waals surface area contributed by atoms with Gasteiger partial charge in [0.15, 0.2) is 5.11 Å². The first kappa shape index (κ1) is 17.0. The van der Waals surface area contributed by atoms with Gasteiger partial charge < -0.3 is 15.4 Å². The molecule has 0 aromatic heterocycles. The summed E-state index contributed by atoms with van der Waals surface area (Å²) in [5.41, 5.74) is 3.74. The standard InChI is InChI=1S/C18H20N2O2S/c1-3-22-17(21)15-8-10-16(11-9-15)20-18(23)19-12-14-6-4-13(2)5-7-14/h4-11H,3,12H2,1-2H3,(H2,19,20,23). The van der Waals surface area contributed by atoms with Crippen molar-refractivity contribution in [3.63, 3.8) is 0 Å². The fourth-order valence-corrected chi connectivity index (χ4v) is 2.16. The molecule has 2 N–H and O–H groups in total. The highest BCUT2D eigenvalue weighted by molar-refractivity contribution is 7.80. The molecule has 2 aromatic carbocycles. The molecule has 2 rings (SSSR count). The lowest BCUT2D eigenvalue weighted by atomic mass is 10.1. The minimum atomic E-state index is -0.320. The molecule has 2 aromatic rings. The zero-order chi connectivity index (χ0) is 16.7. The maximum Gasteiger partial charge on any atom is 0.338 e. The number of benzene rings is 2. The molecule has 0 spiro atoms. The topological polar surface area (TPSA) is 50.4 Å². The number of hydrogen-bond acceptors (Lipinski definition) is 3. The van der Waals surface area contributed by atoms with Crippen LogP contribution in [0.4, 0.5) is 5.69 Å². The number of anilines is 1. The molecule has 0 aliphatic carbocycles. The van der Waals surface area contributed by atoms with Crippen LogP contribution in [0.5, 0.6) is 0 Å². The molecular formula is C18H20N2O2S. The smallest absolute Gasteiger partial charge is 0.338 e. The quantitative estimate of drug-likeness (QED) is 0.648. The molecule has 23 heavy (non-hydrogen) atoms. The van der Waals surface area contributed by atoms with Crippen molar-refractivity contribution >= 4 is 29.0 Å². The number of nitrogens with one attached hydrogen (secondary N) is 2. The van der Waals surface area contributed by atoms with Crippen LogP contribution >= 0.6 is 12.2 Å². The van der Waals surface area contributed by atoms with Gasteiger partial charge in [-0.25, -0.2) is 4.79 Å². The average molecular weight is 328 g/mol. The molecule has 0 aliphatic rings. The Labute approximate surface area is 141 Å². The van der Waals surface area contributed by atoms with E-state index in [1.54, 1.807) is 31.2 Å². The van der Waals surface area contributed by atoms with Gasteiger partial charge in [0.2, 0.25) is 0 Å². The third-order valence-corrected chi connectivity index (χ3v) is 3.47. The molecule has 0 bridgehead atoms. The number of aryl methyl sites for hydroxylation is 1. The average Bonchev–Trinajstić information content (AvgIpc) is 2.55. The highest BCUT2D eigenvalue weighted by Gasteiger charge is 2.06. The second-order valence-corrected chi connectivity index (χ2v) is 5.50. The zero-order valence-corrected chi connectivity index (χ0v) is 14.1. The monoisotopic (exact) mass is 328 g/mol. The lowest BCUT2D eigenvalue weighted by Gasteiger charge is -2.11. The summed E-state index contributed by atoms with van der Waals surface area (Å²) >= 11 is 5.27. The van der Waals surface area contributed by atoms with Crippen molar-refractivity contribution in [1.29, 1.82) is 0 Å². The van der Waals surface area contributed by atoms with Crippen LogP contribution in [0.1, 0.15) is 28.4 Å². The Morgan fingerprint density at radius 1 is 1.09 bits per heavy atom. The van der Waals surface area contributed by atoms with Gasteiger partial charge in [0.1, 0.15) is 0 Å². The van der Waals surface area contributed by atoms with E-state index in [2.05, 4.69) is 41.8 Å². The molecule has 0 saturated carbocycles. The molecule has 0 unspecified atom stereocenters. The molecule has 0 fully saturated rings. The second kappa shape index (κ2) is 8.29. The summed E-state index contributed by atoms with van der Waals surface area (Å²) in [4.78, 5) is 11.6. The Bertz CT molecular complexity index is 666. The van der Waals surface area contributed by atoms with Crippen molar-refractivity contribution in [1.82, 2.24) is 5.32 Å². The Balaban J connectivity index is 1.85. The number of hydrogen-bond donors (Lipinski definition) is 2. The summed E-state index contributed by atoms with van der Waals surface area (Å²) in [6, 6.07) is 15.3. The Morgan fingerprint density at radius 3 is 2.35 bits per heavy atom.